The van der Waals surface area contributed by atoms with Crippen molar-refractivity contribution in [3.05, 3.63) is 59.7 Å². The molecule has 0 aliphatic carbocycles. The molecule has 2 aromatic carbocycles. The van der Waals surface area contributed by atoms with Crippen LogP contribution < -0.4 is 15.2 Å². The van der Waals surface area contributed by atoms with Gasteiger partial charge in [0.15, 0.2) is 5.60 Å². The van der Waals surface area contributed by atoms with E-state index in [1.165, 1.54) is 0 Å². The Kier molecular flexibility index (Phi) is 6.22. The van der Waals surface area contributed by atoms with E-state index >= 15 is 0 Å². The molecule has 1 amide bonds. The molecule has 0 bridgehead atoms. The average Bonchev–Trinajstić information content (AvgIpc) is 2.61. The number of esters is 1. The fourth-order valence-electron chi connectivity index (χ4n) is 2.19. The number of nitrogens with two attached hydrogens (primary N) is 1. The highest BCUT2D eigenvalue weighted by Gasteiger charge is 2.32. The number of hydrogen-bond acceptors (Lipinski definition) is 5. The van der Waals surface area contributed by atoms with Crippen molar-refractivity contribution in [2.24, 2.45) is 5.73 Å². The van der Waals surface area contributed by atoms with Crippen molar-refractivity contribution < 1.29 is 23.8 Å². The van der Waals surface area contributed by atoms with Gasteiger partial charge in [0.1, 0.15) is 18.1 Å². The number of carbonyl (C=O) groups is 2. The molecule has 0 aliphatic heterocycles. The van der Waals surface area contributed by atoms with E-state index in [9.17, 15) is 9.59 Å². The summed E-state index contributed by atoms with van der Waals surface area (Å²) >= 11 is 0. The van der Waals surface area contributed by atoms with Gasteiger partial charge < -0.3 is 19.9 Å². The maximum atomic E-state index is 12.3. The van der Waals surface area contributed by atoms with E-state index in [4.69, 9.17) is 19.9 Å². The third-order valence-corrected chi connectivity index (χ3v) is 3.61. The van der Waals surface area contributed by atoms with Crippen molar-refractivity contribution in [2.45, 2.75) is 33.0 Å². The molecule has 0 aromatic heterocycles. The molecule has 6 heteroatoms. The van der Waals surface area contributed by atoms with Gasteiger partial charge >= 0.3 is 5.97 Å². The van der Waals surface area contributed by atoms with E-state index in [2.05, 4.69) is 0 Å². The summed E-state index contributed by atoms with van der Waals surface area (Å²) in [5.41, 5.74) is 5.19. The molecule has 0 spiro atoms. The normalized spacial score (nSPS) is 10.9. The highest BCUT2D eigenvalue weighted by molar-refractivity contribution is 5.92. The number of hydrogen-bond donors (Lipinski definition) is 1. The number of ether oxygens (including phenoxy) is 3. The summed E-state index contributed by atoms with van der Waals surface area (Å²) in [4.78, 5) is 23.4. The van der Waals surface area contributed by atoms with Gasteiger partial charge in [0.05, 0.1) is 6.61 Å². The van der Waals surface area contributed by atoms with E-state index in [1.54, 1.807) is 62.4 Å². The van der Waals surface area contributed by atoms with Crippen molar-refractivity contribution in [2.75, 3.05) is 6.61 Å². The van der Waals surface area contributed by atoms with Gasteiger partial charge in [-0.1, -0.05) is 12.1 Å². The molecule has 0 fully saturated rings. The predicted octanol–water partition coefficient (Wildman–Crippen LogP) is 3.09. The molecule has 2 rings (SSSR count). The zero-order chi connectivity index (χ0) is 19.2. The van der Waals surface area contributed by atoms with E-state index in [0.29, 0.717) is 17.9 Å². The monoisotopic (exact) mass is 357 g/mol. The molecule has 0 unspecified atom stereocenters. The molecule has 0 atom stereocenters. The minimum atomic E-state index is -1.15. The van der Waals surface area contributed by atoms with Crippen molar-refractivity contribution in [3.8, 4) is 11.5 Å². The van der Waals surface area contributed by atoms with Crippen LogP contribution in [0.1, 0.15) is 36.7 Å². The summed E-state index contributed by atoms with van der Waals surface area (Å²) in [6.45, 7) is 5.85. The van der Waals surface area contributed by atoms with Gasteiger partial charge in [-0.05, 0) is 62.7 Å². The molecular formula is C20H23NO5. The molecule has 2 aromatic rings. The average molecular weight is 357 g/mol. The minimum Gasteiger partial charge on any atom is -0.494 e. The van der Waals surface area contributed by atoms with Crippen LogP contribution in [0.2, 0.25) is 0 Å². The van der Waals surface area contributed by atoms with Crippen LogP contribution in [-0.2, 0) is 16.1 Å². The first-order valence-corrected chi connectivity index (χ1v) is 8.29. The SMILES string of the molecule is CCOc1ccc(OC(C)(C)C(=O)OCc2ccc(C(N)=O)cc2)cc1. The first kappa shape index (κ1) is 19.3. The quantitative estimate of drug-likeness (QED) is 0.734. The lowest BCUT2D eigenvalue weighted by Gasteiger charge is -2.24. The fraction of sp³-hybridized carbons (Fsp3) is 0.300. The molecule has 0 radical (unpaired) electrons. The Morgan fingerprint density at radius 3 is 2.08 bits per heavy atom. The van der Waals surface area contributed by atoms with Crippen LogP contribution in [0.25, 0.3) is 0 Å². The summed E-state index contributed by atoms with van der Waals surface area (Å²) < 4.78 is 16.4. The predicted molar refractivity (Wildman–Crippen MR) is 97.1 cm³/mol. The summed E-state index contributed by atoms with van der Waals surface area (Å²) in [6.07, 6.45) is 0. The standard InChI is InChI=1S/C20H23NO5/c1-4-24-16-9-11-17(12-10-16)26-20(2,3)19(23)25-13-14-5-7-15(8-6-14)18(21)22/h5-12H,4,13H2,1-3H3,(H2,21,22). The number of primary amides is 1. The zero-order valence-electron chi connectivity index (χ0n) is 15.2. The summed E-state index contributed by atoms with van der Waals surface area (Å²) in [5.74, 6) is 0.282. The van der Waals surface area contributed by atoms with Crippen LogP contribution in [0.4, 0.5) is 0 Å². The first-order valence-electron chi connectivity index (χ1n) is 8.29. The van der Waals surface area contributed by atoms with Crippen LogP contribution in [0.15, 0.2) is 48.5 Å². The zero-order valence-corrected chi connectivity index (χ0v) is 15.2. The molecule has 0 saturated heterocycles. The second-order valence-corrected chi connectivity index (χ2v) is 6.15. The largest absolute Gasteiger partial charge is 0.494 e. The Balaban J connectivity index is 1.93. The second kappa shape index (κ2) is 8.38. The fourth-order valence-corrected chi connectivity index (χ4v) is 2.19. The molecule has 138 valence electrons. The summed E-state index contributed by atoms with van der Waals surface area (Å²) in [6, 6.07) is 13.6. The van der Waals surface area contributed by atoms with E-state index in [0.717, 1.165) is 11.3 Å². The molecule has 0 saturated carbocycles. The van der Waals surface area contributed by atoms with Gasteiger partial charge in [-0.25, -0.2) is 4.79 Å². The Morgan fingerprint density at radius 1 is 0.962 bits per heavy atom. The van der Waals surface area contributed by atoms with Crippen molar-refractivity contribution in [1.82, 2.24) is 0 Å². The van der Waals surface area contributed by atoms with Crippen molar-refractivity contribution in [3.63, 3.8) is 0 Å². The third kappa shape index (κ3) is 5.24. The maximum Gasteiger partial charge on any atom is 0.350 e. The first-order chi connectivity index (χ1) is 12.3. The highest BCUT2D eigenvalue weighted by atomic mass is 16.6. The minimum absolute atomic E-state index is 0.0773. The number of benzene rings is 2. The number of carbonyl (C=O) groups excluding carboxylic acids is 2. The Labute approximate surface area is 152 Å². The van der Waals surface area contributed by atoms with E-state index < -0.39 is 17.5 Å². The molecular weight excluding hydrogens is 334 g/mol. The van der Waals surface area contributed by atoms with Crippen LogP contribution in [0.3, 0.4) is 0 Å². The molecule has 0 heterocycles. The van der Waals surface area contributed by atoms with Gasteiger partial charge in [-0.2, -0.15) is 0 Å². The number of amides is 1. The lowest BCUT2D eigenvalue weighted by molar-refractivity contribution is -0.160. The van der Waals surface area contributed by atoms with Gasteiger partial charge in [-0.15, -0.1) is 0 Å². The Bertz CT molecular complexity index is 751. The Hall–Kier alpha value is -3.02. The molecule has 2 N–H and O–H groups in total. The molecule has 26 heavy (non-hydrogen) atoms. The maximum absolute atomic E-state index is 12.3. The van der Waals surface area contributed by atoms with Gasteiger partial charge in [0.25, 0.3) is 0 Å². The van der Waals surface area contributed by atoms with Crippen LogP contribution in [0.5, 0.6) is 11.5 Å². The lowest BCUT2D eigenvalue weighted by Crippen LogP contribution is -2.39. The van der Waals surface area contributed by atoms with Crippen molar-refractivity contribution in [1.29, 1.82) is 0 Å². The second-order valence-electron chi connectivity index (χ2n) is 6.15. The van der Waals surface area contributed by atoms with Crippen molar-refractivity contribution >= 4 is 11.9 Å². The van der Waals surface area contributed by atoms with Gasteiger partial charge in [0.2, 0.25) is 5.91 Å². The summed E-state index contributed by atoms with van der Waals surface area (Å²) in [5, 5.41) is 0. The number of rotatable bonds is 8. The molecule has 6 nitrogen and oxygen atoms in total. The van der Waals surface area contributed by atoms with E-state index in [-0.39, 0.29) is 6.61 Å². The third-order valence-electron chi connectivity index (χ3n) is 3.61. The Morgan fingerprint density at radius 2 is 1.54 bits per heavy atom. The van der Waals surface area contributed by atoms with Crippen LogP contribution >= 0.6 is 0 Å². The van der Waals surface area contributed by atoms with Crippen LogP contribution in [-0.4, -0.2) is 24.1 Å². The van der Waals surface area contributed by atoms with E-state index in [1.807, 2.05) is 6.92 Å². The van der Waals surface area contributed by atoms with Gasteiger partial charge in [-0.3, -0.25) is 4.79 Å². The smallest absolute Gasteiger partial charge is 0.350 e. The summed E-state index contributed by atoms with van der Waals surface area (Å²) in [7, 11) is 0. The highest BCUT2D eigenvalue weighted by Crippen LogP contribution is 2.23. The topological polar surface area (TPSA) is 87.8 Å². The van der Waals surface area contributed by atoms with Gasteiger partial charge in [0, 0.05) is 5.56 Å². The lowest BCUT2D eigenvalue weighted by atomic mass is 10.1. The van der Waals surface area contributed by atoms with Crippen LogP contribution in [0, 0.1) is 0 Å². The molecule has 0 aliphatic rings.